The third kappa shape index (κ3) is 5.22. The number of methoxy groups -OCH3 is 1. The second kappa shape index (κ2) is 11.7. The highest BCUT2D eigenvalue weighted by Crippen LogP contribution is 2.42. The molecular formula is C26H33N3O5. The number of rotatable bonds is 11. The molecule has 1 fully saturated rings. The van der Waals surface area contributed by atoms with Gasteiger partial charge in [-0.3, -0.25) is 14.6 Å². The minimum atomic E-state index is -0.741. The second-order valence-electron chi connectivity index (χ2n) is 7.95. The number of hydrogen-bond donors (Lipinski definition) is 1. The van der Waals surface area contributed by atoms with E-state index in [1.165, 1.54) is 12.4 Å². The zero-order valence-corrected chi connectivity index (χ0v) is 20.3. The predicted molar refractivity (Wildman–Crippen MR) is 130 cm³/mol. The summed E-state index contributed by atoms with van der Waals surface area (Å²) in [5, 5.41) is 11.1. The molecule has 8 nitrogen and oxygen atoms in total. The molecule has 3 rings (SSSR count). The average Bonchev–Trinajstić information content (AvgIpc) is 3.12. The Bertz CT molecular complexity index is 1030. The molecule has 8 heteroatoms. The van der Waals surface area contributed by atoms with E-state index < -0.39 is 17.7 Å². The van der Waals surface area contributed by atoms with Gasteiger partial charge in [0.15, 0.2) is 11.5 Å². The van der Waals surface area contributed by atoms with Crippen LogP contribution in [0.4, 0.5) is 0 Å². The van der Waals surface area contributed by atoms with Crippen LogP contribution < -0.4 is 9.47 Å². The second-order valence-corrected chi connectivity index (χ2v) is 7.95. The molecule has 1 N–H and O–H groups in total. The van der Waals surface area contributed by atoms with E-state index in [0.29, 0.717) is 42.2 Å². The Labute approximate surface area is 200 Å². The molecule has 1 saturated heterocycles. The summed E-state index contributed by atoms with van der Waals surface area (Å²) in [5.41, 5.74) is 1.15. The van der Waals surface area contributed by atoms with E-state index in [4.69, 9.17) is 9.47 Å². The lowest BCUT2D eigenvalue weighted by Gasteiger charge is -2.27. The fraction of sp³-hybridized carbons (Fsp3) is 0.423. The number of Topliss-reactive ketones (excluding diaryl/α,β-unsaturated/α-hetero) is 1. The number of pyridine rings is 1. The zero-order chi connectivity index (χ0) is 24.7. The lowest BCUT2D eigenvalue weighted by molar-refractivity contribution is -0.140. The monoisotopic (exact) mass is 467 g/mol. The molecule has 0 bridgehead atoms. The Kier molecular flexibility index (Phi) is 8.65. The van der Waals surface area contributed by atoms with E-state index in [0.717, 1.165) is 19.6 Å². The Hall–Kier alpha value is -3.39. The summed E-state index contributed by atoms with van der Waals surface area (Å²) in [5.74, 6) is -0.466. The lowest BCUT2D eigenvalue weighted by Crippen LogP contribution is -2.33. The Morgan fingerprint density at radius 3 is 2.41 bits per heavy atom. The molecule has 1 atom stereocenters. The van der Waals surface area contributed by atoms with Gasteiger partial charge < -0.3 is 24.4 Å². The molecule has 1 aromatic heterocycles. The highest BCUT2D eigenvalue weighted by molar-refractivity contribution is 6.46. The van der Waals surface area contributed by atoms with E-state index in [-0.39, 0.29) is 11.3 Å². The van der Waals surface area contributed by atoms with Gasteiger partial charge in [-0.05, 0) is 62.8 Å². The molecule has 0 saturated carbocycles. The number of amides is 1. The number of ketones is 1. The molecular weight excluding hydrogens is 434 g/mol. The van der Waals surface area contributed by atoms with E-state index in [1.807, 2.05) is 6.92 Å². The summed E-state index contributed by atoms with van der Waals surface area (Å²) in [4.78, 5) is 34.1. The van der Waals surface area contributed by atoms with Gasteiger partial charge >= 0.3 is 0 Å². The van der Waals surface area contributed by atoms with Crippen LogP contribution in [-0.4, -0.2) is 71.5 Å². The molecule has 0 aliphatic carbocycles. The zero-order valence-electron chi connectivity index (χ0n) is 20.3. The van der Waals surface area contributed by atoms with Crippen LogP contribution in [0.1, 0.15) is 44.4 Å². The van der Waals surface area contributed by atoms with Gasteiger partial charge in [0.2, 0.25) is 0 Å². The summed E-state index contributed by atoms with van der Waals surface area (Å²) in [6.45, 7) is 9.56. The Morgan fingerprint density at radius 1 is 1.09 bits per heavy atom. The summed E-state index contributed by atoms with van der Waals surface area (Å²) in [6.07, 6.45) is 3.77. The van der Waals surface area contributed by atoms with Gasteiger partial charge in [0, 0.05) is 24.5 Å². The molecule has 1 aliphatic rings. The van der Waals surface area contributed by atoms with Gasteiger partial charge in [0.25, 0.3) is 11.7 Å². The van der Waals surface area contributed by atoms with Crippen LogP contribution in [0.5, 0.6) is 11.5 Å². The number of aromatic nitrogens is 1. The molecule has 34 heavy (non-hydrogen) atoms. The van der Waals surface area contributed by atoms with Crippen LogP contribution in [-0.2, 0) is 9.59 Å². The fourth-order valence-electron chi connectivity index (χ4n) is 4.26. The van der Waals surface area contributed by atoms with Crippen molar-refractivity contribution in [3.63, 3.8) is 0 Å². The third-order valence-corrected chi connectivity index (χ3v) is 6.06. The first kappa shape index (κ1) is 25.2. The van der Waals surface area contributed by atoms with E-state index in [2.05, 4.69) is 23.7 Å². The molecule has 0 radical (unpaired) electrons. The maximum atomic E-state index is 13.2. The highest BCUT2D eigenvalue weighted by Gasteiger charge is 2.46. The molecule has 182 valence electrons. The first-order chi connectivity index (χ1) is 16.5. The molecule has 0 spiro atoms. The minimum Gasteiger partial charge on any atom is -0.507 e. The Balaban J connectivity index is 2.07. The first-order valence-electron chi connectivity index (χ1n) is 11.7. The maximum absolute atomic E-state index is 13.2. The van der Waals surface area contributed by atoms with Crippen molar-refractivity contribution in [3.8, 4) is 11.5 Å². The van der Waals surface area contributed by atoms with Crippen molar-refractivity contribution in [2.45, 2.75) is 33.2 Å². The van der Waals surface area contributed by atoms with E-state index in [1.54, 1.807) is 42.3 Å². The summed E-state index contributed by atoms with van der Waals surface area (Å²) in [6, 6.07) is 7.81. The third-order valence-electron chi connectivity index (χ3n) is 6.06. The van der Waals surface area contributed by atoms with Crippen LogP contribution >= 0.6 is 0 Å². The normalized spacial score (nSPS) is 17.4. The number of hydrogen-bond acceptors (Lipinski definition) is 7. The van der Waals surface area contributed by atoms with Gasteiger partial charge in [-0.15, -0.1) is 0 Å². The van der Waals surface area contributed by atoms with Crippen LogP contribution in [0.3, 0.4) is 0 Å². The summed E-state index contributed by atoms with van der Waals surface area (Å²) in [7, 11) is 1.54. The van der Waals surface area contributed by atoms with Crippen molar-refractivity contribution >= 4 is 17.4 Å². The van der Waals surface area contributed by atoms with Gasteiger partial charge in [0.1, 0.15) is 5.76 Å². The van der Waals surface area contributed by atoms with Crippen molar-refractivity contribution in [1.82, 2.24) is 14.8 Å². The number of aliphatic hydroxyl groups excluding tert-OH is 1. The van der Waals surface area contributed by atoms with Gasteiger partial charge in [-0.1, -0.05) is 19.9 Å². The number of aliphatic hydroxyl groups is 1. The Morgan fingerprint density at radius 2 is 1.79 bits per heavy atom. The van der Waals surface area contributed by atoms with Gasteiger partial charge in [-0.25, -0.2) is 0 Å². The lowest BCUT2D eigenvalue weighted by atomic mass is 9.95. The minimum absolute atomic E-state index is 0.0604. The molecule has 1 amide bonds. The largest absolute Gasteiger partial charge is 0.507 e. The topological polar surface area (TPSA) is 92.2 Å². The van der Waals surface area contributed by atoms with Gasteiger partial charge in [-0.2, -0.15) is 0 Å². The van der Waals surface area contributed by atoms with Crippen LogP contribution in [0.25, 0.3) is 5.76 Å². The summed E-state index contributed by atoms with van der Waals surface area (Å²) >= 11 is 0. The van der Waals surface area contributed by atoms with Crippen molar-refractivity contribution < 1.29 is 24.2 Å². The predicted octanol–water partition coefficient (Wildman–Crippen LogP) is 3.64. The number of ether oxygens (including phenoxy) is 2. The molecule has 1 unspecified atom stereocenters. The van der Waals surface area contributed by atoms with E-state index in [9.17, 15) is 14.7 Å². The SMILES string of the molecule is CCOc1ccc(C2/C(=C(\O)c3ccncc3)C(=O)C(=O)N2CCCN(CC)CC)cc1OC. The molecule has 1 aliphatic heterocycles. The average molecular weight is 468 g/mol. The van der Waals surface area contributed by atoms with Crippen molar-refractivity contribution in [3.05, 3.63) is 59.4 Å². The van der Waals surface area contributed by atoms with Crippen molar-refractivity contribution in [1.29, 1.82) is 0 Å². The number of carbonyl (C=O) groups excluding carboxylic acids is 2. The number of likely N-dealkylation sites (tertiary alicyclic amines) is 1. The van der Waals surface area contributed by atoms with Gasteiger partial charge in [0.05, 0.1) is 25.3 Å². The maximum Gasteiger partial charge on any atom is 0.295 e. The van der Waals surface area contributed by atoms with E-state index >= 15 is 0 Å². The first-order valence-corrected chi connectivity index (χ1v) is 11.7. The smallest absolute Gasteiger partial charge is 0.295 e. The van der Waals surface area contributed by atoms with Crippen molar-refractivity contribution in [2.24, 2.45) is 0 Å². The number of nitrogens with zero attached hydrogens (tertiary/aromatic N) is 3. The number of benzene rings is 1. The highest BCUT2D eigenvalue weighted by atomic mass is 16.5. The molecule has 1 aromatic carbocycles. The molecule has 2 heterocycles. The quantitative estimate of drug-likeness (QED) is 0.306. The fourth-order valence-corrected chi connectivity index (χ4v) is 4.26. The van der Waals surface area contributed by atoms with Crippen LogP contribution in [0, 0.1) is 0 Å². The van der Waals surface area contributed by atoms with Crippen molar-refractivity contribution in [2.75, 3.05) is 39.9 Å². The van der Waals surface area contributed by atoms with Crippen LogP contribution in [0.15, 0.2) is 48.3 Å². The summed E-state index contributed by atoms with van der Waals surface area (Å²) < 4.78 is 11.1. The number of carbonyl (C=O) groups is 2. The standard InChI is InChI=1S/C26H33N3O5/c1-5-28(6-2)15-8-16-29-23(19-9-10-20(34-7-3)21(17-19)33-4)22(25(31)26(29)32)24(30)18-11-13-27-14-12-18/h9-14,17,23,30H,5-8,15-16H2,1-4H3/b24-22+. The molecule has 2 aromatic rings. The van der Waals surface area contributed by atoms with Crippen LogP contribution in [0.2, 0.25) is 0 Å².